The van der Waals surface area contributed by atoms with Gasteiger partial charge in [0.1, 0.15) is 17.9 Å². The topological polar surface area (TPSA) is 69.0 Å². The summed E-state index contributed by atoms with van der Waals surface area (Å²) in [6, 6.07) is 20.2. The van der Waals surface area contributed by atoms with Crippen LogP contribution in [-0.2, 0) is 0 Å². The zero-order valence-corrected chi connectivity index (χ0v) is 16.8. The number of rotatable bonds is 5. The summed E-state index contributed by atoms with van der Waals surface area (Å²) in [5, 5.41) is 2.89. The first-order valence-corrected chi connectivity index (χ1v) is 9.56. The summed E-state index contributed by atoms with van der Waals surface area (Å²) in [4.78, 5) is 20.8. The number of carbonyl (C=O) groups excluding carboxylic acids is 1. The molecular weight excluding hydrogens is 467 g/mol. The van der Waals surface area contributed by atoms with Crippen molar-refractivity contribution in [1.82, 2.24) is 14.5 Å². The predicted octanol–water partition coefficient (Wildman–Crippen LogP) is 4.92. The second-order valence-electron chi connectivity index (χ2n) is 5.87. The Morgan fingerprint density at radius 2 is 1.71 bits per heavy atom. The molecule has 0 fully saturated rings. The number of aromatic nitrogens is 3. The molecule has 0 atom stereocenters. The Morgan fingerprint density at radius 1 is 0.964 bits per heavy atom. The van der Waals surface area contributed by atoms with Gasteiger partial charge in [-0.15, -0.1) is 0 Å². The number of nitrogens with zero attached hydrogens (tertiary/aromatic N) is 3. The van der Waals surface area contributed by atoms with E-state index in [1.807, 2.05) is 47.3 Å². The normalized spacial score (nSPS) is 10.5. The Hall–Kier alpha value is -3.20. The molecule has 28 heavy (non-hydrogen) atoms. The number of hydrogen-bond acceptors (Lipinski definition) is 4. The highest BCUT2D eigenvalue weighted by atomic mass is 127. The molecule has 2 aromatic carbocycles. The molecule has 4 aromatic rings. The largest absolute Gasteiger partial charge is 0.439 e. The Morgan fingerprint density at radius 3 is 2.46 bits per heavy atom. The van der Waals surface area contributed by atoms with E-state index in [-0.39, 0.29) is 5.91 Å². The zero-order chi connectivity index (χ0) is 19.3. The minimum atomic E-state index is -0.147. The van der Waals surface area contributed by atoms with Crippen LogP contribution in [0.25, 0.3) is 5.82 Å². The molecule has 0 saturated carbocycles. The number of amides is 1. The first-order valence-electron chi connectivity index (χ1n) is 8.48. The van der Waals surface area contributed by atoms with Gasteiger partial charge in [0.2, 0.25) is 5.88 Å². The summed E-state index contributed by atoms with van der Waals surface area (Å²) in [5.41, 5.74) is 1.33. The molecule has 6 nitrogen and oxygen atoms in total. The van der Waals surface area contributed by atoms with Crippen molar-refractivity contribution in [1.29, 1.82) is 0 Å². The van der Waals surface area contributed by atoms with E-state index in [4.69, 9.17) is 4.74 Å². The summed E-state index contributed by atoms with van der Waals surface area (Å²) in [7, 11) is 0. The first kappa shape index (κ1) is 18.2. The average Bonchev–Trinajstić information content (AvgIpc) is 3.25. The number of benzene rings is 2. The van der Waals surface area contributed by atoms with Crippen molar-refractivity contribution in [3.63, 3.8) is 0 Å². The average molecular weight is 482 g/mol. The maximum absolute atomic E-state index is 12.4. The predicted molar refractivity (Wildman–Crippen MR) is 115 cm³/mol. The van der Waals surface area contributed by atoms with Crippen LogP contribution < -0.4 is 10.1 Å². The quantitative estimate of drug-likeness (QED) is 0.411. The number of halogens is 1. The number of carbonyl (C=O) groups is 1. The van der Waals surface area contributed by atoms with Crippen LogP contribution in [0.5, 0.6) is 11.6 Å². The van der Waals surface area contributed by atoms with E-state index in [0.29, 0.717) is 22.9 Å². The minimum Gasteiger partial charge on any atom is -0.439 e. The molecule has 0 unspecified atom stereocenters. The monoisotopic (exact) mass is 482 g/mol. The van der Waals surface area contributed by atoms with Crippen molar-refractivity contribution in [2.24, 2.45) is 0 Å². The van der Waals surface area contributed by atoms with E-state index in [1.165, 1.54) is 6.33 Å². The van der Waals surface area contributed by atoms with E-state index in [2.05, 4.69) is 37.9 Å². The second-order valence-corrected chi connectivity index (χ2v) is 7.03. The van der Waals surface area contributed by atoms with Crippen LogP contribution in [0.15, 0.2) is 85.5 Å². The van der Waals surface area contributed by atoms with Crippen LogP contribution >= 0.6 is 22.6 Å². The third-order valence-electron chi connectivity index (χ3n) is 3.95. The van der Waals surface area contributed by atoms with Gasteiger partial charge in [0.05, 0.1) is 5.56 Å². The molecule has 1 N–H and O–H groups in total. The maximum Gasteiger partial charge on any atom is 0.256 e. The van der Waals surface area contributed by atoms with Gasteiger partial charge in [-0.25, -0.2) is 9.97 Å². The van der Waals surface area contributed by atoms with Crippen LogP contribution in [0.1, 0.15) is 10.4 Å². The number of hydrogen-bond donors (Lipinski definition) is 1. The summed E-state index contributed by atoms with van der Waals surface area (Å²) in [6.07, 6.45) is 5.26. The third kappa shape index (κ3) is 4.20. The molecular formula is C21H15IN4O2. The lowest BCUT2D eigenvalue weighted by molar-refractivity contribution is 0.102. The molecule has 0 aliphatic rings. The fraction of sp³-hybridized carbons (Fsp3) is 0. The molecule has 138 valence electrons. The fourth-order valence-corrected chi connectivity index (χ4v) is 3.22. The van der Waals surface area contributed by atoms with Crippen molar-refractivity contribution in [2.45, 2.75) is 0 Å². The lowest BCUT2D eigenvalue weighted by atomic mass is 10.2. The summed E-state index contributed by atoms with van der Waals surface area (Å²) >= 11 is 2.15. The lowest BCUT2D eigenvalue weighted by Gasteiger charge is -2.09. The zero-order valence-electron chi connectivity index (χ0n) is 14.6. The SMILES string of the molecule is O=C(Nc1ccc(Oc2cc(-n3cccc3)ncn2)cc1)c1ccccc1I. The van der Waals surface area contributed by atoms with E-state index in [0.717, 1.165) is 9.39 Å². The molecule has 0 aliphatic heterocycles. The van der Waals surface area contributed by atoms with Gasteiger partial charge in [-0.05, 0) is 71.1 Å². The minimum absolute atomic E-state index is 0.147. The van der Waals surface area contributed by atoms with Gasteiger partial charge < -0.3 is 14.6 Å². The lowest BCUT2D eigenvalue weighted by Crippen LogP contribution is -2.13. The molecule has 0 radical (unpaired) electrons. The first-order chi connectivity index (χ1) is 13.7. The Bertz CT molecular complexity index is 1100. The molecule has 0 saturated heterocycles. The van der Waals surface area contributed by atoms with Gasteiger partial charge in [-0.3, -0.25) is 4.79 Å². The van der Waals surface area contributed by atoms with E-state index in [9.17, 15) is 4.79 Å². The number of anilines is 1. The Labute approximate surface area is 175 Å². The Kier molecular flexibility index (Phi) is 5.34. The van der Waals surface area contributed by atoms with Gasteiger partial charge in [-0.1, -0.05) is 12.1 Å². The highest BCUT2D eigenvalue weighted by Crippen LogP contribution is 2.23. The molecule has 0 spiro atoms. The summed E-state index contributed by atoms with van der Waals surface area (Å²) in [5.74, 6) is 1.63. The van der Waals surface area contributed by atoms with Crippen LogP contribution in [0, 0.1) is 3.57 Å². The van der Waals surface area contributed by atoms with Crippen molar-refractivity contribution >= 4 is 34.2 Å². The van der Waals surface area contributed by atoms with Gasteiger partial charge in [-0.2, -0.15) is 0 Å². The summed E-state index contributed by atoms with van der Waals surface area (Å²) < 4.78 is 8.58. The van der Waals surface area contributed by atoms with Gasteiger partial charge in [0.25, 0.3) is 5.91 Å². The Balaban J connectivity index is 1.45. The third-order valence-corrected chi connectivity index (χ3v) is 4.89. The standard InChI is InChI=1S/C21H15IN4O2/c22-18-6-2-1-5-17(18)21(27)25-15-7-9-16(10-8-15)28-20-13-19(23-14-24-20)26-11-3-4-12-26/h1-14H,(H,25,27). The van der Waals surface area contributed by atoms with Crippen LogP contribution in [0.2, 0.25) is 0 Å². The molecule has 2 aromatic heterocycles. The van der Waals surface area contributed by atoms with Gasteiger partial charge >= 0.3 is 0 Å². The highest BCUT2D eigenvalue weighted by Gasteiger charge is 2.09. The smallest absolute Gasteiger partial charge is 0.256 e. The van der Waals surface area contributed by atoms with E-state index < -0.39 is 0 Å². The molecule has 0 bridgehead atoms. The van der Waals surface area contributed by atoms with Crippen molar-refractivity contribution in [3.8, 4) is 17.4 Å². The van der Waals surface area contributed by atoms with Gasteiger partial charge in [0, 0.05) is 27.7 Å². The summed E-state index contributed by atoms with van der Waals surface area (Å²) in [6.45, 7) is 0. The number of ether oxygens (including phenoxy) is 1. The van der Waals surface area contributed by atoms with Crippen LogP contribution in [-0.4, -0.2) is 20.4 Å². The highest BCUT2D eigenvalue weighted by molar-refractivity contribution is 14.1. The van der Waals surface area contributed by atoms with Crippen molar-refractivity contribution < 1.29 is 9.53 Å². The van der Waals surface area contributed by atoms with E-state index >= 15 is 0 Å². The second kappa shape index (κ2) is 8.22. The number of nitrogens with one attached hydrogen (secondary N) is 1. The van der Waals surface area contributed by atoms with Crippen molar-refractivity contribution in [3.05, 3.63) is 94.6 Å². The molecule has 2 heterocycles. The maximum atomic E-state index is 12.4. The van der Waals surface area contributed by atoms with E-state index in [1.54, 1.807) is 36.4 Å². The van der Waals surface area contributed by atoms with Crippen molar-refractivity contribution in [2.75, 3.05) is 5.32 Å². The molecule has 1 amide bonds. The molecule has 7 heteroatoms. The van der Waals surface area contributed by atoms with Crippen LogP contribution in [0.3, 0.4) is 0 Å². The van der Waals surface area contributed by atoms with Crippen LogP contribution in [0.4, 0.5) is 5.69 Å². The molecule has 0 aliphatic carbocycles. The van der Waals surface area contributed by atoms with Gasteiger partial charge in [0.15, 0.2) is 0 Å². The fourth-order valence-electron chi connectivity index (χ4n) is 2.59. The molecule has 4 rings (SSSR count).